The number of benzene rings is 1. The van der Waals surface area contributed by atoms with Crippen molar-refractivity contribution in [3.63, 3.8) is 0 Å². The van der Waals surface area contributed by atoms with Gasteiger partial charge in [-0.15, -0.1) is 0 Å². The molecule has 0 fully saturated rings. The van der Waals surface area contributed by atoms with Crippen LogP contribution < -0.4 is 5.73 Å². The van der Waals surface area contributed by atoms with Crippen LogP contribution in [0.25, 0.3) is 21.7 Å². The fourth-order valence-corrected chi connectivity index (χ4v) is 2.10. The number of thiazole rings is 1. The van der Waals surface area contributed by atoms with Gasteiger partial charge in [0.1, 0.15) is 5.82 Å². The van der Waals surface area contributed by atoms with Crippen molar-refractivity contribution in [3.8, 4) is 10.7 Å². The molecule has 2 heterocycles. The van der Waals surface area contributed by atoms with Gasteiger partial charge in [0.05, 0.1) is 22.1 Å². The molecule has 0 saturated carbocycles. The second-order valence-electron chi connectivity index (χ2n) is 3.17. The molecule has 0 bridgehead atoms. The van der Waals surface area contributed by atoms with E-state index in [0.717, 1.165) is 21.7 Å². The molecule has 3 aromatic rings. The van der Waals surface area contributed by atoms with Crippen LogP contribution in [0, 0.1) is 0 Å². The molecule has 0 saturated heterocycles. The average Bonchev–Trinajstić information content (AvgIpc) is 2.82. The highest BCUT2D eigenvalue weighted by Crippen LogP contribution is 2.26. The van der Waals surface area contributed by atoms with Crippen molar-refractivity contribution in [1.29, 1.82) is 0 Å². The van der Waals surface area contributed by atoms with E-state index in [4.69, 9.17) is 5.73 Å². The highest BCUT2D eigenvalue weighted by Gasteiger charge is 2.07. The average molecular weight is 216 g/mol. The van der Waals surface area contributed by atoms with Crippen molar-refractivity contribution in [2.45, 2.75) is 0 Å². The summed E-state index contributed by atoms with van der Waals surface area (Å²) in [6.45, 7) is 0. The van der Waals surface area contributed by atoms with Crippen LogP contribution >= 0.6 is 11.3 Å². The Balaban J connectivity index is 2.19. The molecule has 0 unspecified atom stereocenters. The van der Waals surface area contributed by atoms with E-state index in [2.05, 4.69) is 15.0 Å². The normalized spacial score (nSPS) is 10.9. The van der Waals surface area contributed by atoms with Crippen molar-refractivity contribution in [2.24, 2.45) is 0 Å². The summed E-state index contributed by atoms with van der Waals surface area (Å²) in [7, 11) is 0. The first kappa shape index (κ1) is 8.43. The van der Waals surface area contributed by atoms with Gasteiger partial charge in [-0.3, -0.25) is 0 Å². The maximum atomic E-state index is 5.58. The molecule has 0 aliphatic heterocycles. The SMILES string of the molecule is Nc1ncc(-c2nc3ccccc3[nH]2)s1. The minimum absolute atomic E-state index is 0.561. The quantitative estimate of drug-likeness (QED) is 0.655. The third-order valence-electron chi connectivity index (χ3n) is 2.15. The van der Waals surface area contributed by atoms with Crippen LogP contribution in [0.1, 0.15) is 0 Å². The van der Waals surface area contributed by atoms with E-state index in [9.17, 15) is 0 Å². The Hall–Kier alpha value is -1.88. The fraction of sp³-hybridized carbons (Fsp3) is 0. The molecule has 2 aromatic heterocycles. The summed E-state index contributed by atoms with van der Waals surface area (Å²) in [5.41, 5.74) is 7.56. The maximum Gasteiger partial charge on any atom is 0.180 e. The summed E-state index contributed by atoms with van der Waals surface area (Å²) < 4.78 is 0. The first-order chi connectivity index (χ1) is 7.33. The molecule has 0 amide bonds. The van der Waals surface area contributed by atoms with Gasteiger partial charge in [-0.2, -0.15) is 0 Å². The largest absolute Gasteiger partial charge is 0.375 e. The number of fused-ring (bicyclic) bond motifs is 1. The van der Waals surface area contributed by atoms with Gasteiger partial charge in [0.2, 0.25) is 0 Å². The van der Waals surface area contributed by atoms with Crippen LogP contribution in [0.3, 0.4) is 0 Å². The van der Waals surface area contributed by atoms with Crippen LogP contribution in [0.15, 0.2) is 30.5 Å². The molecule has 3 rings (SSSR count). The van der Waals surface area contributed by atoms with E-state index in [1.807, 2.05) is 24.3 Å². The Morgan fingerprint density at radius 1 is 1.27 bits per heavy atom. The number of nitrogen functional groups attached to an aromatic ring is 1. The maximum absolute atomic E-state index is 5.58. The van der Waals surface area contributed by atoms with Gasteiger partial charge in [-0.1, -0.05) is 23.5 Å². The number of nitrogens with two attached hydrogens (primary N) is 1. The number of H-pyrrole nitrogens is 1. The number of aromatic nitrogens is 3. The first-order valence-electron chi connectivity index (χ1n) is 4.49. The number of aromatic amines is 1. The van der Waals surface area contributed by atoms with Crippen molar-refractivity contribution < 1.29 is 0 Å². The van der Waals surface area contributed by atoms with Crippen molar-refractivity contribution in [1.82, 2.24) is 15.0 Å². The summed E-state index contributed by atoms with van der Waals surface area (Å²) in [6, 6.07) is 7.91. The number of rotatable bonds is 1. The summed E-state index contributed by atoms with van der Waals surface area (Å²) in [5, 5.41) is 0.561. The van der Waals surface area contributed by atoms with E-state index >= 15 is 0 Å². The van der Waals surface area contributed by atoms with E-state index in [1.54, 1.807) is 6.20 Å². The molecular formula is C10H8N4S. The van der Waals surface area contributed by atoms with E-state index in [-0.39, 0.29) is 0 Å². The fourth-order valence-electron chi connectivity index (χ4n) is 1.47. The van der Waals surface area contributed by atoms with Gasteiger partial charge in [0.25, 0.3) is 0 Å². The van der Waals surface area contributed by atoms with Gasteiger partial charge in [0.15, 0.2) is 5.13 Å². The molecule has 5 heteroatoms. The Morgan fingerprint density at radius 2 is 2.13 bits per heavy atom. The lowest BCUT2D eigenvalue weighted by Crippen LogP contribution is -1.77. The van der Waals surface area contributed by atoms with Gasteiger partial charge in [0, 0.05) is 0 Å². The second-order valence-corrected chi connectivity index (χ2v) is 4.23. The van der Waals surface area contributed by atoms with Crippen molar-refractivity contribution in [3.05, 3.63) is 30.5 Å². The standard InChI is InChI=1S/C10H8N4S/c11-10-12-5-8(15-10)9-13-6-3-1-2-4-7(6)14-9/h1-5H,(H2,11,12)(H,13,14). The zero-order valence-corrected chi connectivity index (χ0v) is 8.58. The molecule has 1 aromatic carbocycles. The van der Waals surface area contributed by atoms with E-state index in [0.29, 0.717) is 5.13 Å². The predicted molar refractivity (Wildman–Crippen MR) is 61.6 cm³/mol. The smallest absolute Gasteiger partial charge is 0.180 e. The lowest BCUT2D eigenvalue weighted by Gasteiger charge is -1.85. The predicted octanol–water partition coefficient (Wildman–Crippen LogP) is 2.27. The Bertz CT molecular complexity index is 577. The van der Waals surface area contributed by atoms with E-state index < -0.39 is 0 Å². The summed E-state index contributed by atoms with van der Waals surface area (Å²) in [4.78, 5) is 12.6. The topological polar surface area (TPSA) is 67.6 Å². The van der Waals surface area contributed by atoms with Crippen molar-refractivity contribution >= 4 is 27.5 Å². The monoisotopic (exact) mass is 216 g/mol. The first-order valence-corrected chi connectivity index (χ1v) is 5.31. The molecule has 74 valence electrons. The highest BCUT2D eigenvalue weighted by molar-refractivity contribution is 7.18. The minimum atomic E-state index is 0.561. The number of hydrogen-bond acceptors (Lipinski definition) is 4. The number of imidazole rings is 1. The van der Waals surface area contributed by atoms with Gasteiger partial charge in [-0.05, 0) is 12.1 Å². The third-order valence-corrected chi connectivity index (χ3v) is 2.98. The van der Waals surface area contributed by atoms with Gasteiger partial charge in [-0.25, -0.2) is 9.97 Å². The van der Waals surface area contributed by atoms with Crippen LogP contribution in [-0.2, 0) is 0 Å². The zero-order chi connectivity index (χ0) is 10.3. The molecule has 15 heavy (non-hydrogen) atoms. The van der Waals surface area contributed by atoms with Gasteiger partial charge < -0.3 is 10.7 Å². The number of anilines is 1. The number of nitrogens with zero attached hydrogens (tertiary/aromatic N) is 2. The summed E-state index contributed by atoms with van der Waals surface area (Å²) in [6.07, 6.45) is 1.73. The van der Waals surface area contributed by atoms with Crippen LogP contribution in [0.4, 0.5) is 5.13 Å². The Kier molecular flexibility index (Phi) is 1.72. The van der Waals surface area contributed by atoms with Crippen LogP contribution in [0.5, 0.6) is 0 Å². The Labute approximate surface area is 89.8 Å². The third kappa shape index (κ3) is 1.37. The molecule has 0 radical (unpaired) electrons. The number of nitrogens with one attached hydrogen (secondary N) is 1. The van der Waals surface area contributed by atoms with Crippen LogP contribution in [-0.4, -0.2) is 15.0 Å². The highest BCUT2D eigenvalue weighted by atomic mass is 32.1. The van der Waals surface area contributed by atoms with Gasteiger partial charge >= 0.3 is 0 Å². The van der Waals surface area contributed by atoms with E-state index in [1.165, 1.54) is 11.3 Å². The zero-order valence-electron chi connectivity index (χ0n) is 7.77. The Morgan fingerprint density at radius 3 is 2.87 bits per heavy atom. The molecule has 0 spiro atoms. The minimum Gasteiger partial charge on any atom is -0.375 e. The number of hydrogen-bond donors (Lipinski definition) is 2. The summed E-state index contributed by atoms with van der Waals surface area (Å²) in [5.74, 6) is 0.824. The molecular weight excluding hydrogens is 208 g/mol. The molecule has 0 atom stereocenters. The number of para-hydroxylation sites is 2. The molecule has 3 N–H and O–H groups in total. The lowest BCUT2D eigenvalue weighted by molar-refractivity contribution is 1.34. The van der Waals surface area contributed by atoms with Crippen LogP contribution in [0.2, 0.25) is 0 Å². The second kappa shape index (κ2) is 3.06. The molecule has 0 aliphatic carbocycles. The summed E-state index contributed by atoms with van der Waals surface area (Å²) >= 11 is 1.43. The lowest BCUT2D eigenvalue weighted by atomic mass is 10.3. The molecule has 4 nitrogen and oxygen atoms in total. The van der Waals surface area contributed by atoms with Crippen molar-refractivity contribution in [2.75, 3.05) is 5.73 Å². The molecule has 0 aliphatic rings.